The third-order valence-electron chi connectivity index (χ3n) is 5.26. The zero-order valence-corrected chi connectivity index (χ0v) is 18.5. The molecule has 7 nitrogen and oxygen atoms in total. The van der Waals surface area contributed by atoms with E-state index in [4.69, 9.17) is 9.15 Å². The highest BCUT2D eigenvalue weighted by atomic mass is 32.1. The topological polar surface area (TPSA) is 84.7 Å². The van der Waals surface area contributed by atoms with E-state index in [9.17, 15) is 9.59 Å². The Morgan fingerprint density at radius 3 is 2.74 bits per heavy atom. The molecule has 1 aliphatic heterocycles. The standard InChI is InChI=1S/C23H25N3O4S/c1-15-12-17(26-9-3-4-10-26)7-8-18(15)24-21(27)14-29-22(28)13-19-16(2)30-23(25-19)20-6-5-11-31-20/h5-8,11-12H,3-4,9-10,13-14H2,1-2H3,(H,24,27). The van der Waals surface area contributed by atoms with Gasteiger partial charge < -0.3 is 19.4 Å². The van der Waals surface area contributed by atoms with E-state index in [0.717, 1.165) is 29.2 Å². The van der Waals surface area contributed by atoms with Crippen LogP contribution in [-0.4, -0.2) is 36.6 Å². The van der Waals surface area contributed by atoms with Crippen LogP contribution in [0.3, 0.4) is 0 Å². The lowest BCUT2D eigenvalue weighted by Crippen LogP contribution is -2.22. The number of aryl methyl sites for hydroxylation is 2. The van der Waals surface area contributed by atoms with Crippen LogP contribution in [0.25, 0.3) is 10.8 Å². The Morgan fingerprint density at radius 2 is 2.03 bits per heavy atom. The maximum Gasteiger partial charge on any atom is 0.312 e. The smallest absolute Gasteiger partial charge is 0.312 e. The first-order valence-electron chi connectivity index (χ1n) is 10.3. The first-order chi connectivity index (χ1) is 15.0. The maximum absolute atomic E-state index is 12.3. The van der Waals surface area contributed by atoms with E-state index < -0.39 is 5.97 Å². The molecule has 3 aromatic rings. The van der Waals surface area contributed by atoms with Crippen molar-refractivity contribution in [1.82, 2.24) is 4.98 Å². The summed E-state index contributed by atoms with van der Waals surface area (Å²) in [5, 5.41) is 4.75. The molecule has 2 aromatic heterocycles. The molecule has 0 aliphatic carbocycles. The summed E-state index contributed by atoms with van der Waals surface area (Å²) in [5.74, 6) is 0.159. The number of benzene rings is 1. The van der Waals surface area contributed by atoms with Crippen LogP contribution in [0.1, 0.15) is 29.9 Å². The number of hydrogen-bond acceptors (Lipinski definition) is 7. The molecule has 1 N–H and O–H groups in total. The number of esters is 1. The third-order valence-corrected chi connectivity index (χ3v) is 6.11. The Kier molecular flexibility index (Phi) is 6.36. The zero-order valence-electron chi connectivity index (χ0n) is 17.6. The maximum atomic E-state index is 12.3. The number of aromatic nitrogens is 1. The first-order valence-corrected chi connectivity index (χ1v) is 11.2. The summed E-state index contributed by atoms with van der Waals surface area (Å²) in [6.07, 6.45) is 2.38. The number of thiophene rings is 1. The zero-order chi connectivity index (χ0) is 21.8. The van der Waals surface area contributed by atoms with Crippen molar-refractivity contribution in [2.75, 3.05) is 29.9 Å². The highest BCUT2D eigenvalue weighted by Crippen LogP contribution is 2.27. The lowest BCUT2D eigenvalue weighted by atomic mass is 10.1. The number of nitrogens with zero attached hydrogens (tertiary/aromatic N) is 2. The fraction of sp³-hybridized carbons (Fsp3) is 0.348. The minimum absolute atomic E-state index is 0.0441. The minimum Gasteiger partial charge on any atom is -0.455 e. The number of anilines is 2. The lowest BCUT2D eigenvalue weighted by molar-refractivity contribution is -0.146. The predicted octanol–water partition coefficient (Wildman–Crippen LogP) is 4.34. The fourth-order valence-corrected chi connectivity index (χ4v) is 4.23. The summed E-state index contributed by atoms with van der Waals surface area (Å²) in [4.78, 5) is 32.1. The van der Waals surface area contributed by atoms with Crippen LogP contribution in [0.5, 0.6) is 0 Å². The molecule has 0 saturated carbocycles. The first kappa shape index (κ1) is 21.1. The van der Waals surface area contributed by atoms with E-state index in [-0.39, 0.29) is 18.9 Å². The van der Waals surface area contributed by atoms with Gasteiger partial charge in [0.25, 0.3) is 5.91 Å². The van der Waals surface area contributed by atoms with Gasteiger partial charge in [0.05, 0.1) is 17.0 Å². The molecule has 0 bridgehead atoms. The van der Waals surface area contributed by atoms with Gasteiger partial charge in [-0.25, -0.2) is 4.98 Å². The van der Waals surface area contributed by atoms with Gasteiger partial charge in [0.15, 0.2) is 6.61 Å². The molecule has 3 heterocycles. The number of oxazole rings is 1. The van der Waals surface area contributed by atoms with Crippen molar-refractivity contribution in [2.24, 2.45) is 0 Å². The monoisotopic (exact) mass is 439 g/mol. The molecule has 8 heteroatoms. The molecule has 162 valence electrons. The highest BCUT2D eigenvalue weighted by molar-refractivity contribution is 7.13. The molecule has 1 aliphatic rings. The summed E-state index contributed by atoms with van der Waals surface area (Å²) in [7, 11) is 0. The van der Waals surface area contributed by atoms with Crippen LogP contribution in [0.2, 0.25) is 0 Å². The normalized spacial score (nSPS) is 13.4. The van der Waals surface area contributed by atoms with Crippen LogP contribution in [-0.2, 0) is 20.7 Å². The molecular formula is C23H25N3O4S. The van der Waals surface area contributed by atoms with Crippen molar-refractivity contribution in [3.63, 3.8) is 0 Å². The Labute approximate surface area is 185 Å². The number of ether oxygens (including phenoxy) is 1. The number of rotatable bonds is 7. The van der Waals surface area contributed by atoms with Gasteiger partial charge >= 0.3 is 5.97 Å². The molecule has 1 saturated heterocycles. The van der Waals surface area contributed by atoms with Gasteiger partial charge in [0, 0.05) is 24.5 Å². The van der Waals surface area contributed by atoms with Crippen LogP contribution in [0, 0.1) is 13.8 Å². The summed E-state index contributed by atoms with van der Waals surface area (Å²) in [5.41, 5.74) is 3.38. The number of nitrogens with one attached hydrogen (secondary N) is 1. The summed E-state index contributed by atoms with van der Waals surface area (Å²) >= 11 is 1.51. The number of hydrogen-bond donors (Lipinski definition) is 1. The Morgan fingerprint density at radius 1 is 1.23 bits per heavy atom. The van der Waals surface area contributed by atoms with Crippen LogP contribution in [0.15, 0.2) is 40.1 Å². The minimum atomic E-state index is -0.523. The average molecular weight is 440 g/mol. The van der Waals surface area contributed by atoms with Gasteiger partial charge in [0.1, 0.15) is 5.76 Å². The van der Waals surface area contributed by atoms with Crippen LogP contribution >= 0.6 is 11.3 Å². The Bertz CT molecular complexity index is 1070. The Hall–Kier alpha value is -3.13. The van der Waals surface area contributed by atoms with Crippen molar-refractivity contribution in [1.29, 1.82) is 0 Å². The molecule has 1 amide bonds. The molecule has 1 fully saturated rings. The molecule has 31 heavy (non-hydrogen) atoms. The fourth-order valence-electron chi connectivity index (χ4n) is 3.58. The van der Waals surface area contributed by atoms with Crippen molar-refractivity contribution in [3.05, 3.63) is 52.7 Å². The average Bonchev–Trinajstić information content (AvgIpc) is 3.51. The summed E-state index contributed by atoms with van der Waals surface area (Å²) < 4.78 is 10.8. The molecular weight excluding hydrogens is 414 g/mol. The van der Waals surface area contributed by atoms with Crippen molar-refractivity contribution < 1.29 is 18.7 Å². The van der Waals surface area contributed by atoms with Crippen molar-refractivity contribution >= 4 is 34.6 Å². The molecule has 0 unspecified atom stereocenters. The molecule has 1 aromatic carbocycles. The second-order valence-corrected chi connectivity index (χ2v) is 8.53. The Balaban J connectivity index is 1.28. The second-order valence-electron chi connectivity index (χ2n) is 7.58. The molecule has 0 spiro atoms. The van der Waals surface area contributed by atoms with Gasteiger partial charge in [0.2, 0.25) is 5.89 Å². The van der Waals surface area contributed by atoms with E-state index in [1.807, 2.05) is 36.6 Å². The molecule has 0 radical (unpaired) electrons. The van der Waals surface area contributed by atoms with E-state index >= 15 is 0 Å². The highest BCUT2D eigenvalue weighted by Gasteiger charge is 2.18. The van der Waals surface area contributed by atoms with E-state index in [0.29, 0.717) is 17.3 Å². The second kappa shape index (κ2) is 9.34. The van der Waals surface area contributed by atoms with Crippen molar-refractivity contribution in [3.8, 4) is 10.8 Å². The quantitative estimate of drug-likeness (QED) is 0.551. The number of amides is 1. The van der Waals surface area contributed by atoms with E-state index in [1.165, 1.54) is 29.9 Å². The molecule has 0 atom stereocenters. The van der Waals surface area contributed by atoms with Gasteiger partial charge in [-0.2, -0.15) is 0 Å². The largest absolute Gasteiger partial charge is 0.455 e. The van der Waals surface area contributed by atoms with Crippen molar-refractivity contribution in [2.45, 2.75) is 33.1 Å². The summed E-state index contributed by atoms with van der Waals surface area (Å²) in [6, 6.07) is 9.80. The number of carbonyl (C=O) groups excluding carboxylic acids is 2. The van der Waals surface area contributed by atoms with Gasteiger partial charge in [-0.3, -0.25) is 9.59 Å². The predicted molar refractivity (Wildman–Crippen MR) is 120 cm³/mol. The lowest BCUT2D eigenvalue weighted by Gasteiger charge is -2.19. The van der Waals surface area contributed by atoms with Crippen LogP contribution in [0.4, 0.5) is 11.4 Å². The van der Waals surface area contributed by atoms with Gasteiger partial charge in [-0.15, -0.1) is 11.3 Å². The van der Waals surface area contributed by atoms with Gasteiger partial charge in [-0.1, -0.05) is 6.07 Å². The third kappa shape index (κ3) is 5.14. The number of carbonyl (C=O) groups is 2. The molecule has 4 rings (SSSR count). The van der Waals surface area contributed by atoms with Gasteiger partial charge in [-0.05, 0) is 61.9 Å². The van der Waals surface area contributed by atoms with E-state index in [1.54, 1.807) is 6.92 Å². The SMILES string of the molecule is Cc1cc(N2CCCC2)ccc1NC(=O)COC(=O)Cc1nc(-c2cccs2)oc1C. The van der Waals surface area contributed by atoms with E-state index in [2.05, 4.69) is 21.3 Å². The van der Waals surface area contributed by atoms with Crippen LogP contribution < -0.4 is 10.2 Å². The summed E-state index contributed by atoms with van der Waals surface area (Å²) in [6.45, 7) is 5.51.